The summed E-state index contributed by atoms with van der Waals surface area (Å²) in [5, 5.41) is 22.9. The Morgan fingerprint density at radius 1 is 1.47 bits per heavy atom. The Labute approximate surface area is 111 Å². The van der Waals surface area contributed by atoms with Crippen LogP contribution in [-0.2, 0) is 0 Å². The molecule has 0 atom stereocenters. The molecule has 19 heavy (non-hydrogen) atoms. The first-order valence-electron chi connectivity index (χ1n) is 6.23. The fourth-order valence-corrected chi connectivity index (χ4v) is 2.12. The Morgan fingerprint density at radius 2 is 2.21 bits per heavy atom. The maximum Gasteiger partial charge on any atom is 0.287 e. The molecule has 6 heteroatoms. The zero-order chi connectivity index (χ0) is 13.7. The average Bonchev–Trinajstić information content (AvgIpc) is 2.45. The molecule has 0 unspecified atom stereocenters. The number of rotatable bonds is 4. The van der Waals surface area contributed by atoms with Crippen LogP contribution in [0.4, 0.5) is 5.69 Å². The molecule has 0 amide bonds. The lowest BCUT2D eigenvalue weighted by Gasteiger charge is -2.22. The average molecular weight is 261 g/mol. The van der Waals surface area contributed by atoms with E-state index in [4.69, 9.17) is 10.00 Å². The second-order valence-corrected chi connectivity index (χ2v) is 4.55. The normalized spacial score (nSPS) is 15.7. The minimum atomic E-state index is -0.560. The highest BCUT2D eigenvalue weighted by Crippen LogP contribution is 2.24. The van der Waals surface area contributed by atoms with Crippen molar-refractivity contribution in [2.24, 2.45) is 5.92 Å². The van der Waals surface area contributed by atoms with E-state index in [1.54, 1.807) is 6.07 Å². The summed E-state index contributed by atoms with van der Waals surface area (Å²) in [5.74, 6) is 1.02. The smallest absolute Gasteiger partial charge is 0.287 e. The van der Waals surface area contributed by atoms with Crippen molar-refractivity contribution in [1.29, 1.82) is 5.26 Å². The lowest BCUT2D eigenvalue weighted by atomic mass is 9.99. The Kier molecular flexibility index (Phi) is 4.31. The van der Waals surface area contributed by atoms with Gasteiger partial charge in [0.05, 0.1) is 11.5 Å². The van der Waals surface area contributed by atoms with Crippen molar-refractivity contribution in [2.45, 2.75) is 12.8 Å². The molecular formula is C13H15N3O3. The summed E-state index contributed by atoms with van der Waals surface area (Å²) in [7, 11) is 0. The molecule has 1 fully saturated rings. The Balaban J connectivity index is 2.01. The number of nitro benzene ring substituents is 1. The van der Waals surface area contributed by atoms with Gasteiger partial charge in [0.15, 0.2) is 0 Å². The lowest BCUT2D eigenvalue weighted by Crippen LogP contribution is -2.30. The predicted molar refractivity (Wildman–Crippen MR) is 68.9 cm³/mol. The molecule has 1 heterocycles. The van der Waals surface area contributed by atoms with Gasteiger partial charge < -0.3 is 10.1 Å². The third-order valence-corrected chi connectivity index (χ3v) is 3.23. The van der Waals surface area contributed by atoms with Crippen molar-refractivity contribution in [2.75, 3.05) is 19.7 Å². The number of nitrogens with one attached hydrogen (secondary N) is 1. The highest BCUT2D eigenvalue weighted by molar-refractivity contribution is 5.52. The Bertz CT molecular complexity index is 504. The molecule has 1 aliphatic heterocycles. The second-order valence-electron chi connectivity index (χ2n) is 4.55. The van der Waals surface area contributed by atoms with Gasteiger partial charge in [-0.1, -0.05) is 0 Å². The summed E-state index contributed by atoms with van der Waals surface area (Å²) in [6.07, 6.45) is 2.14. The molecule has 1 aliphatic rings. The summed E-state index contributed by atoms with van der Waals surface area (Å²) >= 11 is 0. The predicted octanol–water partition coefficient (Wildman–Crippen LogP) is 1.84. The zero-order valence-corrected chi connectivity index (χ0v) is 10.5. The molecule has 100 valence electrons. The molecule has 1 saturated heterocycles. The third kappa shape index (κ3) is 3.42. The SMILES string of the molecule is N#Cc1cc(OCC2CCNCC2)ccc1[N+](=O)[O-]. The molecule has 2 rings (SSSR count). The standard InChI is InChI=1S/C13H15N3O3/c14-8-11-7-12(1-2-13(11)16(17)18)19-9-10-3-5-15-6-4-10/h1-2,7,10,15H,3-6,9H2. The maximum atomic E-state index is 10.7. The fourth-order valence-electron chi connectivity index (χ4n) is 2.12. The van der Waals surface area contributed by atoms with Crippen molar-refractivity contribution in [1.82, 2.24) is 5.32 Å². The van der Waals surface area contributed by atoms with Gasteiger partial charge in [0.1, 0.15) is 17.4 Å². The molecule has 0 spiro atoms. The van der Waals surface area contributed by atoms with Crippen molar-refractivity contribution >= 4 is 5.69 Å². The maximum absolute atomic E-state index is 10.7. The molecule has 0 bridgehead atoms. The number of ether oxygens (including phenoxy) is 1. The molecule has 0 aliphatic carbocycles. The minimum Gasteiger partial charge on any atom is -0.493 e. The number of nitrogens with zero attached hydrogens (tertiary/aromatic N) is 2. The highest BCUT2D eigenvalue weighted by Gasteiger charge is 2.16. The van der Waals surface area contributed by atoms with E-state index in [-0.39, 0.29) is 11.3 Å². The van der Waals surface area contributed by atoms with E-state index < -0.39 is 4.92 Å². The Morgan fingerprint density at radius 3 is 2.84 bits per heavy atom. The van der Waals surface area contributed by atoms with E-state index in [1.807, 2.05) is 6.07 Å². The number of nitriles is 1. The summed E-state index contributed by atoms with van der Waals surface area (Å²) < 4.78 is 5.62. The van der Waals surface area contributed by atoms with Gasteiger partial charge in [0.25, 0.3) is 5.69 Å². The number of benzene rings is 1. The molecule has 0 saturated carbocycles. The second kappa shape index (κ2) is 6.16. The number of hydrogen-bond donors (Lipinski definition) is 1. The first-order valence-corrected chi connectivity index (χ1v) is 6.23. The van der Waals surface area contributed by atoms with Crippen LogP contribution in [0.2, 0.25) is 0 Å². The quantitative estimate of drug-likeness (QED) is 0.660. The molecule has 0 aromatic heterocycles. The van der Waals surface area contributed by atoms with Gasteiger partial charge in [0, 0.05) is 12.1 Å². The van der Waals surface area contributed by atoms with Gasteiger partial charge >= 0.3 is 0 Å². The van der Waals surface area contributed by atoms with E-state index in [1.165, 1.54) is 12.1 Å². The van der Waals surface area contributed by atoms with Gasteiger partial charge in [-0.05, 0) is 37.9 Å². The van der Waals surface area contributed by atoms with Crippen molar-refractivity contribution in [3.8, 4) is 11.8 Å². The highest BCUT2D eigenvalue weighted by atomic mass is 16.6. The molecule has 6 nitrogen and oxygen atoms in total. The molecule has 1 aromatic rings. The zero-order valence-electron chi connectivity index (χ0n) is 10.5. The lowest BCUT2D eigenvalue weighted by molar-refractivity contribution is -0.385. The Hall–Kier alpha value is -2.13. The van der Waals surface area contributed by atoms with E-state index in [0.717, 1.165) is 25.9 Å². The minimum absolute atomic E-state index is 0.0350. The van der Waals surface area contributed by atoms with E-state index in [2.05, 4.69) is 5.32 Å². The molecule has 1 N–H and O–H groups in total. The summed E-state index contributed by atoms with van der Waals surface area (Å²) in [6.45, 7) is 2.58. The monoisotopic (exact) mass is 261 g/mol. The number of hydrogen-bond acceptors (Lipinski definition) is 5. The van der Waals surface area contributed by atoms with Crippen LogP contribution in [0.15, 0.2) is 18.2 Å². The molecule has 1 aromatic carbocycles. The third-order valence-electron chi connectivity index (χ3n) is 3.23. The first-order chi connectivity index (χ1) is 9.20. The van der Waals surface area contributed by atoms with Crippen molar-refractivity contribution in [3.63, 3.8) is 0 Å². The van der Waals surface area contributed by atoms with Crippen LogP contribution in [0.3, 0.4) is 0 Å². The van der Waals surface area contributed by atoms with E-state index in [9.17, 15) is 10.1 Å². The van der Waals surface area contributed by atoms with Gasteiger partial charge in [0.2, 0.25) is 0 Å². The molecular weight excluding hydrogens is 246 g/mol. The van der Waals surface area contributed by atoms with Crippen LogP contribution in [0, 0.1) is 27.4 Å². The van der Waals surface area contributed by atoms with Gasteiger partial charge in [-0.3, -0.25) is 10.1 Å². The van der Waals surface area contributed by atoms with Crippen LogP contribution in [0.5, 0.6) is 5.75 Å². The molecule has 0 radical (unpaired) electrons. The fraction of sp³-hybridized carbons (Fsp3) is 0.462. The van der Waals surface area contributed by atoms with Crippen molar-refractivity contribution < 1.29 is 9.66 Å². The first kappa shape index (κ1) is 13.3. The van der Waals surface area contributed by atoms with Crippen LogP contribution >= 0.6 is 0 Å². The summed E-state index contributed by atoms with van der Waals surface area (Å²) in [4.78, 5) is 10.1. The summed E-state index contributed by atoms with van der Waals surface area (Å²) in [6, 6.07) is 6.11. The van der Waals surface area contributed by atoms with Crippen LogP contribution in [0.25, 0.3) is 0 Å². The topological polar surface area (TPSA) is 88.2 Å². The van der Waals surface area contributed by atoms with E-state index in [0.29, 0.717) is 18.3 Å². The van der Waals surface area contributed by atoms with E-state index >= 15 is 0 Å². The van der Waals surface area contributed by atoms with Crippen molar-refractivity contribution in [3.05, 3.63) is 33.9 Å². The van der Waals surface area contributed by atoms with Gasteiger partial charge in [-0.15, -0.1) is 0 Å². The van der Waals surface area contributed by atoms with Crippen LogP contribution < -0.4 is 10.1 Å². The van der Waals surface area contributed by atoms with Gasteiger partial charge in [-0.2, -0.15) is 5.26 Å². The number of piperidine rings is 1. The summed E-state index contributed by atoms with van der Waals surface area (Å²) in [5.41, 5.74) is -0.149. The number of nitro groups is 1. The largest absolute Gasteiger partial charge is 0.493 e. The van der Waals surface area contributed by atoms with Crippen LogP contribution in [0.1, 0.15) is 18.4 Å². The van der Waals surface area contributed by atoms with Gasteiger partial charge in [-0.25, -0.2) is 0 Å². The van der Waals surface area contributed by atoms with Crippen LogP contribution in [-0.4, -0.2) is 24.6 Å².